The van der Waals surface area contributed by atoms with E-state index in [1.165, 1.54) is 16.2 Å². The van der Waals surface area contributed by atoms with Crippen LogP contribution in [-0.4, -0.2) is 14.5 Å². The lowest BCUT2D eigenvalue weighted by Gasteiger charge is -2.12. The van der Waals surface area contributed by atoms with Gasteiger partial charge in [0.15, 0.2) is 5.82 Å². The Morgan fingerprint density at radius 2 is 1.19 bits per heavy atom. The van der Waals surface area contributed by atoms with E-state index in [1.807, 2.05) is 36.4 Å². The number of benzene rings is 6. The molecule has 0 N–H and O–H groups in total. The van der Waals surface area contributed by atoms with Crippen molar-refractivity contribution in [3.8, 4) is 28.5 Å². The zero-order chi connectivity index (χ0) is 27.6. The highest BCUT2D eigenvalue weighted by atomic mass is 16.3. The first-order valence-corrected chi connectivity index (χ1v) is 14.1. The molecule has 6 aromatic carbocycles. The lowest BCUT2D eigenvalue weighted by molar-refractivity contribution is 0.669. The molecule has 0 aliphatic heterocycles. The van der Waals surface area contributed by atoms with Gasteiger partial charge < -0.3 is 4.42 Å². The van der Waals surface area contributed by atoms with Gasteiger partial charge in [-0.3, -0.25) is 4.57 Å². The summed E-state index contributed by atoms with van der Waals surface area (Å²) in [6, 6.07) is 48.3. The molecule has 9 aromatic rings. The van der Waals surface area contributed by atoms with E-state index in [4.69, 9.17) is 14.4 Å². The Balaban J connectivity index is 1.39. The van der Waals surface area contributed by atoms with Crippen LogP contribution in [0.3, 0.4) is 0 Å². The third-order valence-corrected chi connectivity index (χ3v) is 8.20. The van der Waals surface area contributed by atoms with Crippen LogP contribution in [0.15, 0.2) is 144 Å². The second-order valence-electron chi connectivity index (χ2n) is 10.6. The Bertz CT molecular complexity index is 2400. The van der Waals surface area contributed by atoms with Crippen LogP contribution >= 0.6 is 0 Å². The predicted octanol–water partition coefficient (Wildman–Crippen LogP) is 9.96. The minimum Gasteiger partial charge on any atom is -0.456 e. The smallest absolute Gasteiger partial charge is 0.162 e. The summed E-state index contributed by atoms with van der Waals surface area (Å²) in [5, 5.41) is 7.02. The minimum atomic E-state index is 0.689. The Morgan fingerprint density at radius 3 is 2.02 bits per heavy atom. The highest BCUT2D eigenvalue weighted by Gasteiger charge is 2.19. The molecule has 0 amide bonds. The normalized spacial score (nSPS) is 11.8. The molecular weight excluding hydrogens is 514 g/mol. The fraction of sp³-hybridized carbons (Fsp3) is 0. The van der Waals surface area contributed by atoms with Crippen molar-refractivity contribution in [3.05, 3.63) is 140 Å². The second kappa shape index (κ2) is 8.88. The van der Waals surface area contributed by atoms with Gasteiger partial charge in [0.25, 0.3) is 0 Å². The van der Waals surface area contributed by atoms with Gasteiger partial charge in [0.2, 0.25) is 0 Å². The lowest BCUT2D eigenvalue weighted by atomic mass is 10.0. The summed E-state index contributed by atoms with van der Waals surface area (Å²) < 4.78 is 8.74. The van der Waals surface area contributed by atoms with Gasteiger partial charge in [0.1, 0.15) is 17.0 Å². The fourth-order valence-corrected chi connectivity index (χ4v) is 6.28. The van der Waals surface area contributed by atoms with Gasteiger partial charge in [-0.1, -0.05) is 109 Å². The van der Waals surface area contributed by atoms with Crippen LogP contribution < -0.4 is 0 Å². The maximum Gasteiger partial charge on any atom is 0.162 e. The summed E-state index contributed by atoms with van der Waals surface area (Å²) in [4.78, 5) is 10.2. The van der Waals surface area contributed by atoms with Crippen molar-refractivity contribution in [2.45, 2.75) is 0 Å². The fourth-order valence-electron chi connectivity index (χ4n) is 6.28. The van der Waals surface area contributed by atoms with Gasteiger partial charge in [-0.15, -0.1) is 0 Å². The van der Waals surface area contributed by atoms with E-state index in [9.17, 15) is 0 Å². The standard InChI is InChI=1S/C38H23N3O/c1-3-12-25(13-4-1)31-22-36(40-38(39-31)26-14-5-2-6-15-26)41-32-18-10-9-17-28(32)29-21-30-35(23-33(29)41)42-34-20-19-24-11-7-8-16-27(24)37(30)34/h1-23H. The molecule has 9 rings (SSSR count). The Kier molecular flexibility index (Phi) is 4.87. The second-order valence-corrected chi connectivity index (χ2v) is 10.6. The van der Waals surface area contributed by atoms with E-state index in [-0.39, 0.29) is 0 Å². The maximum atomic E-state index is 6.50. The summed E-state index contributed by atoms with van der Waals surface area (Å²) in [6.07, 6.45) is 0. The molecule has 196 valence electrons. The topological polar surface area (TPSA) is 43.9 Å². The molecule has 0 spiro atoms. The molecular formula is C38H23N3O. The highest BCUT2D eigenvalue weighted by Crippen LogP contribution is 2.40. The van der Waals surface area contributed by atoms with Gasteiger partial charge in [0, 0.05) is 44.8 Å². The molecule has 0 bridgehead atoms. The molecule has 0 fully saturated rings. The molecule has 0 aliphatic rings. The largest absolute Gasteiger partial charge is 0.456 e. The molecule has 4 nitrogen and oxygen atoms in total. The van der Waals surface area contributed by atoms with E-state index in [2.05, 4.69) is 108 Å². The average molecular weight is 538 g/mol. The number of hydrogen-bond donors (Lipinski definition) is 0. The summed E-state index contributed by atoms with van der Waals surface area (Å²) in [5.41, 5.74) is 6.79. The first-order valence-electron chi connectivity index (χ1n) is 14.1. The first-order chi connectivity index (χ1) is 20.8. The Labute approximate surface area is 241 Å². The van der Waals surface area contributed by atoms with Crippen molar-refractivity contribution in [2.24, 2.45) is 0 Å². The molecule has 3 heterocycles. The molecule has 0 aliphatic carbocycles. The maximum absolute atomic E-state index is 6.50. The van der Waals surface area contributed by atoms with E-state index in [0.717, 1.165) is 61.0 Å². The lowest BCUT2D eigenvalue weighted by Crippen LogP contribution is -2.02. The Hall–Kier alpha value is -5.74. The number of hydrogen-bond acceptors (Lipinski definition) is 3. The number of nitrogens with zero attached hydrogens (tertiary/aromatic N) is 3. The van der Waals surface area contributed by atoms with Gasteiger partial charge in [-0.25, -0.2) is 9.97 Å². The van der Waals surface area contributed by atoms with Crippen molar-refractivity contribution in [1.82, 2.24) is 14.5 Å². The molecule has 42 heavy (non-hydrogen) atoms. The van der Waals surface area contributed by atoms with Crippen molar-refractivity contribution in [2.75, 3.05) is 0 Å². The summed E-state index contributed by atoms with van der Waals surface area (Å²) in [5.74, 6) is 1.50. The number of fused-ring (bicyclic) bond motifs is 8. The molecule has 3 aromatic heterocycles. The van der Waals surface area contributed by atoms with Gasteiger partial charge in [0.05, 0.1) is 16.7 Å². The van der Waals surface area contributed by atoms with E-state index < -0.39 is 0 Å². The summed E-state index contributed by atoms with van der Waals surface area (Å²) in [6.45, 7) is 0. The highest BCUT2D eigenvalue weighted by molar-refractivity contribution is 6.23. The number of furan rings is 1. The van der Waals surface area contributed by atoms with Crippen LogP contribution in [0.5, 0.6) is 0 Å². The number of para-hydroxylation sites is 1. The number of aromatic nitrogens is 3. The van der Waals surface area contributed by atoms with Crippen LogP contribution in [-0.2, 0) is 0 Å². The molecule has 0 radical (unpaired) electrons. The third kappa shape index (κ3) is 3.42. The molecule has 0 saturated carbocycles. The Morgan fingerprint density at radius 1 is 0.476 bits per heavy atom. The summed E-state index contributed by atoms with van der Waals surface area (Å²) in [7, 11) is 0. The van der Waals surface area contributed by atoms with E-state index >= 15 is 0 Å². The van der Waals surface area contributed by atoms with E-state index in [0.29, 0.717) is 5.82 Å². The monoisotopic (exact) mass is 537 g/mol. The van der Waals surface area contributed by atoms with Crippen molar-refractivity contribution < 1.29 is 4.42 Å². The molecule has 0 unspecified atom stereocenters. The summed E-state index contributed by atoms with van der Waals surface area (Å²) >= 11 is 0. The minimum absolute atomic E-state index is 0.689. The van der Waals surface area contributed by atoms with Crippen LogP contribution in [0.4, 0.5) is 0 Å². The van der Waals surface area contributed by atoms with Crippen LogP contribution in [0.2, 0.25) is 0 Å². The predicted molar refractivity (Wildman–Crippen MR) is 172 cm³/mol. The first kappa shape index (κ1) is 23.0. The molecule has 4 heteroatoms. The quantitative estimate of drug-likeness (QED) is 0.225. The zero-order valence-electron chi connectivity index (χ0n) is 22.5. The van der Waals surface area contributed by atoms with Crippen molar-refractivity contribution >= 4 is 54.5 Å². The van der Waals surface area contributed by atoms with Crippen molar-refractivity contribution in [1.29, 1.82) is 0 Å². The zero-order valence-corrected chi connectivity index (χ0v) is 22.5. The average Bonchev–Trinajstić information content (AvgIpc) is 3.59. The van der Waals surface area contributed by atoms with Gasteiger partial charge in [-0.2, -0.15) is 0 Å². The van der Waals surface area contributed by atoms with Crippen LogP contribution in [0.1, 0.15) is 0 Å². The van der Waals surface area contributed by atoms with Crippen molar-refractivity contribution in [3.63, 3.8) is 0 Å². The number of rotatable bonds is 3. The van der Waals surface area contributed by atoms with Crippen LogP contribution in [0, 0.1) is 0 Å². The molecule has 0 atom stereocenters. The third-order valence-electron chi connectivity index (χ3n) is 8.20. The van der Waals surface area contributed by atoms with Gasteiger partial charge >= 0.3 is 0 Å². The SMILES string of the molecule is c1ccc(-c2cc(-n3c4ccccc4c4cc5c(cc43)oc3ccc4ccccc4c35)nc(-c3ccccc3)n2)cc1. The van der Waals surface area contributed by atoms with E-state index in [1.54, 1.807) is 0 Å². The molecule has 0 saturated heterocycles. The van der Waals surface area contributed by atoms with Gasteiger partial charge in [-0.05, 0) is 29.0 Å². The van der Waals surface area contributed by atoms with Crippen LogP contribution in [0.25, 0.3) is 83.0 Å².